The Balaban J connectivity index is 2.88. The standard InChI is InChI=1S/C23H33O2P/c1-8-10-17-12-14(3)19(18(13-17)11-9-2)20-21(24-6)15(4)16(5)22(25-7)23(20)26/h12-13H,8-11,26H2,1-7H3. The van der Waals surface area contributed by atoms with Crippen LogP contribution in [0.25, 0.3) is 11.1 Å². The summed E-state index contributed by atoms with van der Waals surface area (Å²) in [4.78, 5) is 0. The molecule has 1 unspecified atom stereocenters. The van der Waals surface area contributed by atoms with Crippen molar-refractivity contribution in [2.75, 3.05) is 14.2 Å². The molecule has 0 amide bonds. The van der Waals surface area contributed by atoms with Crippen molar-refractivity contribution in [3.05, 3.63) is 39.9 Å². The van der Waals surface area contributed by atoms with Gasteiger partial charge >= 0.3 is 0 Å². The fraction of sp³-hybridized carbons (Fsp3) is 0.478. The summed E-state index contributed by atoms with van der Waals surface area (Å²) in [6, 6.07) is 4.73. The van der Waals surface area contributed by atoms with E-state index >= 15 is 0 Å². The third-order valence-corrected chi connectivity index (χ3v) is 5.73. The lowest BCUT2D eigenvalue weighted by Crippen LogP contribution is -2.11. The second kappa shape index (κ2) is 8.91. The molecule has 0 saturated heterocycles. The van der Waals surface area contributed by atoms with Gasteiger partial charge in [0.1, 0.15) is 11.5 Å². The van der Waals surface area contributed by atoms with Crippen LogP contribution in [0, 0.1) is 20.8 Å². The Hall–Kier alpha value is -1.53. The van der Waals surface area contributed by atoms with Crippen molar-refractivity contribution in [2.45, 2.75) is 60.3 Å². The van der Waals surface area contributed by atoms with Crippen LogP contribution in [0.3, 0.4) is 0 Å². The second-order valence-electron chi connectivity index (χ2n) is 7.05. The van der Waals surface area contributed by atoms with Gasteiger partial charge in [-0.25, -0.2) is 0 Å². The van der Waals surface area contributed by atoms with Gasteiger partial charge in [0.15, 0.2) is 0 Å². The van der Waals surface area contributed by atoms with E-state index in [2.05, 4.69) is 56.0 Å². The largest absolute Gasteiger partial charge is 0.496 e. The third-order valence-electron chi connectivity index (χ3n) is 5.18. The summed E-state index contributed by atoms with van der Waals surface area (Å²) in [5.41, 5.74) is 8.88. The van der Waals surface area contributed by atoms with Gasteiger partial charge in [0.05, 0.1) is 14.2 Å². The summed E-state index contributed by atoms with van der Waals surface area (Å²) in [5, 5.41) is 1.08. The molecule has 0 N–H and O–H groups in total. The van der Waals surface area contributed by atoms with Crippen LogP contribution in [-0.4, -0.2) is 14.2 Å². The molecule has 2 aromatic rings. The normalized spacial score (nSPS) is 10.9. The number of benzene rings is 2. The Morgan fingerprint density at radius 3 is 1.92 bits per heavy atom. The molecule has 3 heteroatoms. The fourth-order valence-corrected chi connectivity index (χ4v) is 4.54. The first-order chi connectivity index (χ1) is 12.4. The van der Waals surface area contributed by atoms with Crippen molar-refractivity contribution < 1.29 is 9.47 Å². The molecular weight excluding hydrogens is 339 g/mol. The number of hydrogen-bond donors (Lipinski definition) is 0. The molecule has 0 aliphatic carbocycles. The van der Waals surface area contributed by atoms with Crippen molar-refractivity contribution in [1.29, 1.82) is 0 Å². The molecule has 1 atom stereocenters. The van der Waals surface area contributed by atoms with Crippen LogP contribution in [0.2, 0.25) is 0 Å². The van der Waals surface area contributed by atoms with E-state index in [0.717, 1.165) is 52.8 Å². The molecule has 142 valence electrons. The van der Waals surface area contributed by atoms with E-state index in [-0.39, 0.29) is 0 Å². The summed E-state index contributed by atoms with van der Waals surface area (Å²) < 4.78 is 11.6. The van der Waals surface area contributed by atoms with E-state index < -0.39 is 0 Å². The lowest BCUT2D eigenvalue weighted by Gasteiger charge is -2.24. The van der Waals surface area contributed by atoms with E-state index in [1.54, 1.807) is 14.2 Å². The number of rotatable bonds is 7. The van der Waals surface area contributed by atoms with Gasteiger partial charge < -0.3 is 9.47 Å². The molecule has 0 spiro atoms. The lowest BCUT2D eigenvalue weighted by molar-refractivity contribution is 0.402. The molecule has 26 heavy (non-hydrogen) atoms. The van der Waals surface area contributed by atoms with Crippen molar-refractivity contribution in [1.82, 2.24) is 0 Å². The Morgan fingerprint density at radius 1 is 0.808 bits per heavy atom. The Labute approximate surface area is 161 Å². The zero-order chi connectivity index (χ0) is 19.4. The molecule has 2 aromatic carbocycles. The smallest absolute Gasteiger partial charge is 0.130 e. The number of ether oxygens (including phenoxy) is 2. The van der Waals surface area contributed by atoms with Gasteiger partial charge in [-0.1, -0.05) is 38.8 Å². The van der Waals surface area contributed by atoms with Crippen molar-refractivity contribution in [3.63, 3.8) is 0 Å². The summed E-state index contributed by atoms with van der Waals surface area (Å²) in [6.45, 7) is 10.9. The van der Waals surface area contributed by atoms with Crippen LogP contribution in [0.15, 0.2) is 12.1 Å². The maximum Gasteiger partial charge on any atom is 0.130 e. The van der Waals surface area contributed by atoms with Gasteiger partial charge in [-0.3, -0.25) is 0 Å². The average Bonchev–Trinajstić information content (AvgIpc) is 2.60. The Kier molecular flexibility index (Phi) is 7.12. The van der Waals surface area contributed by atoms with E-state index in [0.29, 0.717) is 0 Å². The highest BCUT2D eigenvalue weighted by Gasteiger charge is 2.23. The molecule has 0 bridgehead atoms. The first kappa shape index (κ1) is 20.8. The van der Waals surface area contributed by atoms with E-state index in [9.17, 15) is 0 Å². The summed E-state index contributed by atoms with van der Waals surface area (Å²) in [6.07, 6.45) is 4.48. The van der Waals surface area contributed by atoms with E-state index in [4.69, 9.17) is 9.47 Å². The molecule has 0 aliphatic heterocycles. The van der Waals surface area contributed by atoms with Crippen molar-refractivity contribution in [2.24, 2.45) is 0 Å². The predicted octanol–water partition coefficient (Wildman–Crippen LogP) is 5.70. The quantitative estimate of drug-likeness (QED) is 0.580. The maximum atomic E-state index is 5.89. The zero-order valence-corrected chi connectivity index (χ0v) is 18.5. The zero-order valence-electron chi connectivity index (χ0n) is 17.4. The third kappa shape index (κ3) is 3.76. The van der Waals surface area contributed by atoms with Gasteiger partial charge in [0.25, 0.3) is 0 Å². The highest BCUT2D eigenvalue weighted by atomic mass is 31.0. The molecule has 0 heterocycles. The molecule has 2 nitrogen and oxygen atoms in total. The minimum Gasteiger partial charge on any atom is -0.496 e. The van der Waals surface area contributed by atoms with E-state index in [1.807, 2.05) is 0 Å². The summed E-state index contributed by atoms with van der Waals surface area (Å²) >= 11 is 0. The monoisotopic (exact) mass is 372 g/mol. The van der Waals surface area contributed by atoms with Crippen molar-refractivity contribution in [3.8, 4) is 22.6 Å². The minimum atomic E-state index is 0.933. The molecular formula is C23H33O2P. The second-order valence-corrected chi connectivity index (χ2v) is 7.63. The van der Waals surface area contributed by atoms with Crippen LogP contribution in [0.1, 0.15) is 54.5 Å². The van der Waals surface area contributed by atoms with Crippen LogP contribution in [-0.2, 0) is 12.8 Å². The van der Waals surface area contributed by atoms with Crippen LogP contribution in [0.4, 0.5) is 0 Å². The first-order valence-electron chi connectivity index (χ1n) is 9.54. The van der Waals surface area contributed by atoms with Gasteiger partial charge in [0, 0.05) is 10.9 Å². The molecule has 0 aromatic heterocycles. The molecule has 0 radical (unpaired) electrons. The maximum absolute atomic E-state index is 5.89. The van der Waals surface area contributed by atoms with Crippen LogP contribution < -0.4 is 14.8 Å². The van der Waals surface area contributed by atoms with Gasteiger partial charge in [0.2, 0.25) is 0 Å². The highest BCUT2D eigenvalue weighted by molar-refractivity contribution is 7.28. The topological polar surface area (TPSA) is 18.5 Å². The van der Waals surface area contributed by atoms with E-state index in [1.165, 1.54) is 28.7 Å². The fourth-order valence-electron chi connectivity index (χ4n) is 3.93. The number of aryl methyl sites for hydroxylation is 3. The Morgan fingerprint density at radius 2 is 1.38 bits per heavy atom. The summed E-state index contributed by atoms with van der Waals surface area (Å²) in [7, 11) is 6.40. The number of methoxy groups -OCH3 is 2. The van der Waals surface area contributed by atoms with Crippen molar-refractivity contribution >= 4 is 14.5 Å². The Bertz CT molecular complexity index is 794. The highest BCUT2D eigenvalue weighted by Crippen LogP contribution is 2.42. The summed E-state index contributed by atoms with van der Waals surface area (Å²) in [5.74, 6) is 1.89. The lowest BCUT2D eigenvalue weighted by atomic mass is 9.87. The predicted molar refractivity (Wildman–Crippen MR) is 117 cm³/mol. The molecule has 0 fully saturated rings. The SMILES string of the molecule is CCCc1cc(C)c(-c2c(P)c(OC)c(C)c(C)c2OC)c(CCC)c1. The average molecular weight is 372 g/mol. The first-order valence-corrected chi connectivity index (χ1v) is 10.1. The molecule has 2 rings (SSSR count). The van der Waals surface area contributed by atoms with Crippen LogP contribution >= 0.6 is 9.24 Å². The van der Waals surface area contributed by atoms with Crippen LogP contribution in [0.5, 0.6) is 11.5 Å². The van der Waals surface area contributed by atoms with Gasteiger partial charge in [-0.15, -0.1) is 9.24 Å². The molecule has 0 saturated carbocycles. The molecule has 0 aliphatic rings. The van der Waals surface area contributed by atoms with Gasteiger partial charge in [-0.2, -0.15) is 0 Å². The minimum absolute atomic E-state index is 0.933. The number of hydrogen-bond acceptors (Lipinski definition) is 2. The van der Waals surface area contributed by atoms with Gasteiger partial charge in [-0.05, 0) is 67.0 Å².